The Labute approximate surface area is 150 Å². The van der Waals surface area contributed by atoms with Gasteiger partial charge in [0.15, 0.2) is 0 Å². The fourth-order valence-electron chi connectivity index (χ4n) is 2.53. The fraction of sp³-hybridized carbons (Fsp3) is 0.562. The molecule has 0 aliphatic carbocycles. The molecule has 6 nitrogen and oxygen atoms in total. The van der Waals surface area contributed by atoms with Crippen molar-refractivity contribution in [1.29, 1.82) is 0 Å². The number of carbonyl (C=O) groups is 1. The molecular weight excluding hydrogens is 350 g/mol. The summed E-state index contributed by atoms with van der Waals surface area (Å²) in [5, 5.41) is 0. The SMILES string of the molecule is CC(C)CNS(=O)(=O)c1ccc(C(=O)N2CCC(CN)C2)cc1.Cl. The van der Waals surface area contributed by atoms with Crippen molar-refractivity contribution in [3.8, 4) is 0 Å². The second-order valence-electron chi connectivity index (χ2n) is 6.41. The summed E-state index contributed by atoms with van der Waals surface area (Å²) in [6.45, 7) is 6.23. The largest absolute Gasteiger partial charge is 0.338 e. The Kier molecular flexibility index (Phi) is 7.66. The first-order chi connectivity index (χ1) is 10.8. The van der Waals surface area contributed by atoms with Crippen LogP contribution in [0.3, 0.4) is 0 Å². The smallest absolute Gasteiger partial charge is 0.253 e. The molecule has 1 aliphatic rings. The van der Waals surface area contributed by atoms with Gasteiger partial charge in [0.2, 0.25) is 10.0 Å². The third kappa shape index (κ3) is 5.17. The van der Waals surface area contributed by atoms with Gasteiger partial charge in [0, 0.05) is 25.2 Å². The summed E-state index contributed by atoms with van der Waals surface area (Å²) in [7, 11) is -3.52. The maximum Gasteiger partial charge on any atom is 0.253 e. The van der Waals surface area contributed by atoms with Crippen molar-refractivity contribution in [2.24, 2.45) is 17.6 Å². The van der Waals surface area contributed by atoms with Gasteiger partial charge in [0.25, 0.3) is 5.91 Å². The summed E-state index contributed by atoms with van der Waals surface area (Å²) in [6, 6.07) is 6.10. The molecule has 0 bridgehead atoms. The lowest BCUT2D eigenvalue weighted by atomic mass is 10.1. The number of amides is 1. The summed E-state index contributed by atoms with van der Waals surface area (Å²) >= 11 is 0. The summed E-state index contributed by atoms with van der Waals surface area (Å²) in [5.74, 6) is 0.523. The van der Waals surface area contributed by atoms with Gasteiger partial charge < -0.3 is 10.6 Å². The Hall–Kier alpha value is -1.15. The number of sulfonamides is 1. The summed E-state index contributed by atoms with van der Waals surface area (Å²) in [6.07, 6.45) is 0.924. The first kappa shape index (κ1) is 20.9. The van der Waals surface area contributed by atoms with Crippen LogP contribution >= 0.6 is 12.4 Å². The number of halogens is 1. The topological polar surface area (TPSA) is 92.5 Å². The molecule has 0 radical (unpaired) electrons. The average Bonchev–Trinajstić information content (AvgIpc) is 3.01. The van der Waals surface area contributed by atoms with E-state index >= 15 is 0 Å². The molecule has 1 unspecified atom stereocenters. The van der Waals surface area contributed by atoms with Crippen molar-refractivity contribution in [1.82, 2.24) is 9.62 Å². The highest BCUT2D eigenvalue weighted by Crippen LogP contribution is 2.19. The molecule has 0 saturated carbocycles. The number of nitrogens with one attached hydrogen (secondary N) is 1. The van der Waals surface area contributed by atoms with Crippen LogP contribution < -0.4 is 10.5 Å². The van der Waals surface area contributed by atoms with Gasteiger partial charge in [-0.15, -0.1) is 12.4 Å². The molecular formula is C16H26ClN3O3S. The van der Waals surface area contributed by atoms with Gasteiger partial charge in [-0.25, -0.2) is 13.1 Å². The maximum absolute atomic E-state index is 12.4. The molecule has 0 aromatic heterocycles. The van der Waals surface area contributed by atoms with Crippen LogP contribution in [0.15, 0.2) is 29.2 Å². The van der Waals surface area contributed by atoms with E-state index in [1.807, 2.05) is 13.8 Å². The number of benzene rings is 1. The Morgan fingerprint density at radius 3 is 2.46 bits per heavy atom. The van der Waals surface area contributed by atoms with Crippen molar-refractivity contribution in [2.45, 2.75) is 25.2 Å². The van der Waals surface area contributed by atoms with Gasteiger partial charge in [-0.1, -0.05) is 13.8 Å². The second-order valence-corrected chi connectivity index (χ2v) is 8.18. The number of carbonyl (C=O) groups excluding carboxylic acids is 1. The van der Waals surface area contributed by atoms with Crippen LogP contribution in [-0.4, -0.2) is 45.4 Å². The first-order valence-electron chi connectivity index (χ1n) is 7.92. The number of rotatable bonds is 6. The molecule has 2 rings (SSSR count). The molecule has 24 heavy (non-hydrogen) atoms. The van der Waals surface area contributed by atoms with E-state index < -0.39 is 10.0 Å². The zero-order valence-corrected chi connectivity index (χ0v) is 15.7. The highest BCUT2D eigenvalue weighted by molar-refractivity contribution is 7.89. The Balaban J connectivity index is 0.00000288. The van der Waals surface area contributed by atoms with Crippen molar-refractivity contribution in [2.75, 3.05) is 26.2 Å². The predicted octanol–water partition coefficient (Wildman–Crippen LogP) is 1.46. The average molecular weight is 376 g/mol. The molecule has 1 heterocycles. The molecule has 1 saturated heterocycles. The molecule has 1 fully saturated rings. The lowest BCUT2D eigenvalue weighted by Gasteiger charge is -2.16. The number of hydrogen-bond acceptors (Lipinski definition) is 4. The predicted molar refractivity (Wildman–Crippen MR) is 96.8 cm³/mol. The molecule has 8 heteroatoms. The zero-order valence-electron chi connectivity index (χ0n) is 14.1. The summed E-state index contributed by atoms with van der Waals surface area (Å²) < 4.78 is 26.8. The molecule has 1 amide bonds. The number of nitrogens with two attached hydrogens (primary N) is 1. The lowest BCUT2D eigenvalue weighted by Crippen LogP contribution is -2.30. The monoisotopic (exact) mass is 375 g/mol. The van der Waals surface area contributed by atoms with Crippen LogP contribution in [0.4, 0.5) is 0 Å². The highest BCUT2D eigenvalue weighted by atomic mass is 35.5. The van der Waals surface area contributed by atoms with Crippen LogP contribution in [-0.2, 0) is 10.0 Å². The van der Waals surface area contributed by atoms with Crippen molar-refractivity contribution in [3.05, 3.63) is 29.8 Å². The first-order valence-corrected chi connectivity index (χ1v) is 9.41. The third-order valence-corrected chi connectivity index (χ3v) is 5.44. The third-order valence-electron chi connectivity index (χ3n) is 4.00. The minimum absolute atomic E-state index is 0. The van der Waals surface area contributed by atoms with Crippen molar-refractivity contribution in [3.63, 3.8) is 0 Å². The van der Waals surface area contributed by atoms with Gasteiger partial charge >= 0.3 is 0 Å². The molecule has 1 aromatic carbocycles. The van der Waals surface area contributed by atoms with E-state index in [4.69, 9.17) is 5.73 Å². The minimum atomic E-state index is -3.52. The van der Waals surface area contributed by atoms with E-state index in [2.05, 4.69) is 4.72 Å². The zero-order chi connectivity index (χ0) is 17.0. The van der Waals surface area contributed by atoms with Gasteiger partial charge in [-0.3, -0.25) is 4.79 Å². The van der Waals surface area contributed by atoms with E-state index in [0.717, 1.165) is 6.42 Å². The molecule has 1 aromatic rings. The lowest BCUT2D eigenvalue weighted by molar-refractivity contribution is 0.0787. The Bertz CT molecular complexity index is 647. The van der Waals surface area contributed by atoms with E-state index in [9.17, 15) is 13.2 Å². The summed E-state index contributed by atoms with van der Waals surface area (Å²) in [4.78, 5) is 14.4. The standard InChI is InChI=1S/C16H25N3O3S.ClH/c1-12(2)10-18-23(21,22)15-5-3-14(4-6-15)16(20)19-8-7-13(9-17)11-19;/h3-6,12-13,18H,7-11,17H2,1-2H3;1H. The van der Waals surface area contributed by atoms with Crippen LogP contribution in [0.25, 0.3) is 0 Å². The normalized spacial score (nSPS) is 17.8. The van der Waals surface area contributed by atoms with Gasteiger partial charge in [-0.2, -0.15) is 0 Å². The maximum atomic E-state index is 12.4. The Morgan fingerprint density at radius 2 is 1.96 bits per heavy atom. The van der Waals surface area contributed by atoms with Crippen molar-refractivity contribution < 1.29 is 13.2 Å². The van der Waals surface area contributed by atoms with Crippen molar-refractivity contribution >= 4 is 28.3 Å². The molecule has 3 N–H and O–H groups in total. The van der Waals surface area contributed by atoms with Gasteiger partial charge in [0.1, 0.15) is 0 Å². The minimum Gasteiger partial charge on any atom is -0.338 e. The number of hydrogen-bond donors (Lipinski definition) is 2. The molecule has 0 spiro atoms. The molecule has 1 aliphatic heterocycles. The van der Waals surface area contributed by atoms with Gasteiger partial charge in [0.05, 0.1) is 4.90 Å². The fourth-order valence-corrected chi connectivity index (χ4v) is 3.74. The van der Waals surface area contributed by atoms with Crippen LogP contribution in [0.2, 0.25) is 0 Å². The van der Waals surface area contributed by atoms with E-state index in [1.165, 1.54) is 12.1 Å². The number of likely N-dealkylation sites (tertiary alicyclic amines) is 1. The quantitative estimate of drug-likeness (QED) is 0.787. The van der Waals surface area contributed by atoms with Crippen LogP contribution in [0.5, 0.6) is 0 Å². The van der Waals surface area contributed by atoms with Crippen LogP contribution in [0.1, 0.15) is 30.6 Å². The second kappa shape index (κ2) is 8.80. The van der Waals surface area contributed by atoms with E-state index in [0.29, 0.717) is 37.7 Å². The molecule has 136 valence electrons. The summed E-state index contributed by atoms with van der Waals surface area (Å²) in [5.41, 5.74) is 6.15. The van der Waals surface area contributed by atoms with Gasteiger partial charge in [-0.05, 0) is 49.1 Å². The van der Waals surface area contributed by atoms with Crippen LogP contribution in [0, 0.1) is 11.8 Å². The van der Waals surface area contributed by atoms with E-state index in [-0.39, 0.29) is 29.1 Å². The van der Waals surface area contributed by atoms with E-state index in [1.54, 1.807) is 17.0 Å². The number of nitrogens with zero attached hydrogens (tertiary/aromatic N) is 1. The molecule has 1 atom stereocenters. The Morgan fingerprint density at radius 1 is 1.33 bits per heavy atom. The highest BCUT2D eigenvalue weighted by Gasteiger charge is 2.26.